The largest absolute Gasteiger partial charge is 0.494 e. The Balaban J connectivity index is 1.62. The van der Waals surface area contributed by atoms with Gasteiger partial charge < -0.3 is 10.1 Å². The van der Waals surface area contributed by atoms with Crippen LogP contribution in [0.2, 0.25) is 0 Å². The fourth-order valence-corrected chi connectivity index (χ4v) is 4.13. The highest BCUT2D eigenvalue weighted by molar-refractivity contribution is 8.01. The lowest BCUT2D eigenvalue weighted by molar-refractivity contribution is -0.113. The van der Waals surface area contributed by atoms with E-state index >= 15 is 0 Å². The maximum atomic E-state index is 12.1. The molecule has 0 spiro atoms. The molecule has 1 amide bonds. The van der Waals surface area contributed by atoms with Crippen LogP contribution in [-0.4, -0.2) is 23.3 Å². The molecule has 0 bridgehead atoms. The van der Waals surface area contributed by atoms with Gasteiger partial charge in [0.2, 0.25) is 5.91 Å². The maximum absolute atomic E-state index is 12.1. The fourth-order valence-electron chi connectivity index (χ4n) is 2.23. The Morgan fingerprint density at radius 2 is 2.12 bits per heavy atom. The second-order valence-corrected chi connectivity index (χ2v) is 7.45. The number of ether oxygens (including phenoxy) is 1. The van der Waals surface area contributed by atoms with Crippen molar-refractivity contribution in [1.29, 1.82) is 0 Å². The maximum Gasteiger partial charge on any atom is 0.234 e. The van der Waals surface area contributed by atoms with Gasteiger partial charge in [-0.2, -0.15) is 0 Å². The number of hydrogen-bond donors (Lipinski definition) is 1. The standard InChI is InChI=1S/C18H18N2O2S2/c1-3-22-13-8-9-15-16(10-13)24-18(20-15)23-11-17(21)19-14-7-5-4-6-12(14)2/h4-10H,3,11H2,1-2H3,(H,19,21). The van der Waals surface area contributed by atoms with Gasteiger partial charge in [0.05, 0.1) is 22.6 Å². The number of carbonyl (C=O) groups excluding carboxylic acids is 1. The summed E-state index contributed by atoms with van der Waals surface area (Å²) in [6, 6.07) is 13.6. The Labute approximate surface area is 149 Å². The van der Waals surface area contributed by atoms with Crippen LogP contribution >= 0.6 is 23.1 Å². The molecule has 24 heavy (non-hydrogen) atoms. The van der Waals surface area contributed by atoms with Gasteiger partial charge in [-0.3, -0.25) is 4.79 Å². The summed E-state index contributed by atoms with van der Waals surface area (Å²) in [7, 11) is 0. The number of rotatable bonds is 6. The van der Waals surface area contributed by atoms with Gasteiger partial charge in [0, 0.05) is 5.69 Å². The van der Waals surface area contributed by atoms with Crippen molar-refractivity contribution in [2.24, 2.45) is 0 Å². The van der Waals surface area contributed by atoms with Crippen molar-refractivity contribution in [1.82, 2.24) is 4.98 Å². The first-order valence-electron chi connectivity index (χ1n) is 7.67. The second-order valence-electron chi connectivity index (χ2n) is 5.19. The molecule has 1 heterocycles. The molecule has 6 heteroatoms. The predicted molar refractivity (Wildman–Crippen MR) is 101 cm³/mol. The first-order chi connectivity index (χ1) is 11.7. The molecule has 0 saturated heterocycles. The number of aromatic nitrogens is 1. The molecule has 0 atom stereocenters. The van der Waals surface area contributed by atoms with Crippen molar-refractivity contribution >= 4 is 44.9 Å². The van der Waals surface area contributed by atoms with Crippen LogP contribution in [0.25, 0.3) is 10.2 Å². The Morgan fingerprint density at radius 1 is 1.29 bits per heavy atom. The molecule has 4 nitrogen and oxygen atoms in total. The van der Waals surface area contributed by atoms with Crippen LogP contribution in [0.5, 0.6) is 5.75 Å². The number of aryl methyl sites for hydroxylation is 1. The Bertz CT molecular complexity index is 861. The molecule has 2 aromatic carbocycles. The van der Waals surface area contributed by atoms with Crippen LogP contribution in [0.3, 0.4) is 0 Å². The SMILES string of the molecule is CCOc1ccc2nc(SCC(=O)Nc3ccccc3C)sc2c1. The van der Waals surface area contributed by atoms with E-state index in [0.29, 0.717) is 12.4 Å². The molecular weight excluding hydrogens is 340 g/mol. The van der Waals surface area contributed by atoms with Gasteiger partial charge in [-0.15, -0.1) is 11.3 Å². The number of carbonyl (C=O) groups is 1. The summed E-state index contributed by atoms with van der Waals surface area (Å²) in [4.78, 5) is 16.7. The monoisotopic (exact) mass is 358 g/mol. The van der Waals surface area contributed by atoms with Crippen LogP contribution in [-0.2, 0) is 4.79 Å². The topological polar surface area (TPSA) is 51.2 Å². The zero-order chi connectivity index (χ0) is 16.9. The van der Waals surface area contributed by atoms with Crippen molar-refractivity contribution in [3.05, 3.63) is 48.0 Å². The van der Waals surface area contributed by atoms with Crippen molar-refractivity contribution in [2.45, 2.75) is 18.2 Å². The zero-order valence-electron chi connectivity index (χ0n) is 13.5. The highest BCUT2D eigenvalue weighted by Gasteiger charge is 2.09. The first kappa shape index (κ1) is 16.8. The number of benzene rings is 2. The van der Waals surface area contributed by atoms with Crippen LogP contribution < -0.4 is 10.1 Å². The molecule has 3 aromatic rings. The molecule has 0 aliphatic heterocycles. The third-order valence-electron chi connectivity index (χ3n) is 3.40. The minimum Gasteiger partial charge on any atom is -0.494 e. The van der Waals surface area contributed by atoms with Crippen LogP contribution in [0.15, 0.2) is 46.8 Å². The molecule has 0 aliphatic rings. The summed E-state index contributed by atoms with van der Waals surface area (Å²) in [5.74, 6) is 1.16. The van der Waals surface area contributed by atoms with E-state index in [1.807, 2.05) is 56.3 Å². The average Bonchev–Trinajstić information content (AvgIpc) is 2.98. The predicted octanol–water partition coefficient (Wildman–Crippen LogP) is 4.73. The van der Waals surface area contributed by atoms with E-state index < -0.39 is 0 Å². The number of hydrogen-bond acceptors (Lipinski definition) is 5. The summed E-state index contributed by atoms with van der Waals surface area (Å²) in [5.41, 5.74) is 2.85. The van der Waals surface area contributed by atoms with Crippen LogP contribution in [0.4, 0.5) is 5.69 Å². The zero-order valence-corrected chi connectivity index (χ0v) is 15.2. The minimum atomic E-state index is -0.0245. The number of thiazole rings is 1. The molecule has 124 valence electrons. The van der Waals surface area contributed by atoms with Gasteiger partial charge >= 0.3 is 0 Å². The van der Waals surface area contributed by atoms with Gasteiger partial charge in [0.1, 0.15) is 5.75 Å². The minimum absolute atomic E-state index is 0.0245. The molecule has 1 aromatic heterocycles. The normalized spacial score (nSPS) is 10.8. The van der Waals surface area contributed by atoms with E-state index in [2.05, 4.69) is 10.3 Å². The van der Waals surface area contributed by atoms with Gasteiger partial charge in [-0.05, 0) is 43.7 Å². The molecule has 0 saturated carbocycles. The van der Waals surface area contributed by atoms with Crippen molar-refractivity contribution in [3.63, 3.8) is 0 Å². The number of nitrogens with zero attached hydrogens (tertiary/aromatic N) is 1. The van der Waals surface area contributed by atoms with Crippen molar-refractivity contribution in [2.75, 3.05) is 17.7 Å². The third kappa shape index (κ3) is 4.07. The highest BCUT2D eigenvalue weighted by atomic mass is 32.2. The second kappa shape index (κ2) is 7.68. The van der Waals surface area contributed by atoms with E-state index in [-0.39, 0.29) is 5.91 Å². The van der Waals surface area contributed by atoms with E-state index in [1.54, 1.807) is 11.3 Å². The molecule has 0 aliphatic carbocycles. The molecule has 0 fully saturated rings. The van der Waals surface area contributed by atoms with Crippen LogP contribution in [0.1, 0.15) is 12.5 Å². The van der Waals surface area contributed by atoms with E-state index in [9.17, 15) is 4.79 Å². The molecule has 0 unspecified atom stereocenters. The number of fused-ring (bicyclic) bond motifs is 1. The summed E-state index contributed by atoms with van der Waals surface area (Å²) in [6.45, 7) is 4.59. The van der Waals surface area contributed by atoms with Gasteiger partial charge in [-0.25, -0.2) is 4.98 Å². The Kier molecular flexibility index (Phi) is 5.37. The highest BCUT2D eigenvalue weighted by Crippen LogP contribution is 2.32. The average molecular weight is 358 g/mol. The first-order valence-corrected chi connectivity index (χ1v) is 9.47. The lowest BCUT2D eigenvalue weighted by Crippen LogP contribution is -2.14. The lowest BCUT2D eigenvalue weighted by atomic mass is 10.2. The van der Waals surface area contributed by atoms with Gasteiger partial charge in [0.25, 0.3) is 0 Å². The van der Waals surface area contributed by atoms with Crippen LogP contribution in [0, 0.1) is 6.92 Å². The number of nitrogens with one attached hydrogen (secondary N) is 1. The van der Waals surface area contributed by atoms with Gasteiger partial charge in [-0.1, -0.05) is 30.0 Å². The summed E-state index contributed by atoms with van der Waals surface area (Å²) in [5, 5.41) is 2.94. The quantitative estimate of drug-likeness (QED) is 0.647. The van der Waals surface area contributed by atoms with Crippen molar-refractivity contribution in [3.8, 4) is 5.75 Å². The Hall–Kier alpha value is -2.05. The van der Waals surface area contributed by atoms with Gasteiger partial charge in [0.15, 0.2) is 4.34 Å². The molecule has 0 radical (unpaired) electrons. The number of para-hydroxylation sites is 1. The smallest absolute Gasteiger partial charge is 0.234 e. The molecule has 1 N–H and O–H groups in total. The van der Waals surface area contributed by atoms with E-state index in [0.717, 1.165) is 31.6 Å². The lowest BCUT2D eigenvalue weighted by Gasteiger charge is -2.06. The van der Waals surface area contributed by atoms with E-state index in [4.69, 9.17) is 4.74 Å². The number of anilines is 1. The summed E-state index contributed by atoms with van der Waals surface area (Å²) in [6.07, 6.45) is 0. The summed E-state index contributed by atoms with van der Waals surface area (Å²) < 4.78 is 7.47. The molecular formula is C18H18N2O2S2. The van der Waals surface area contributed by atoms with Crippen molar-refractivity contribution < 1.29 is 9.53 Å². The fraction of sp³-hybridized carbons (Fsp3) is 0.222. The Morgan fingerprint density at radius 3 is 2.92 bits per heavy atom. The van der Waals surface area contributed by atoms with E-state index in [1.165, 1.54) is 11.8 Å². The number of thioether (sulfide) groups is 1. The molecule has 3 rings (SSSR count). The number of amides is 1. The third-order valence-corrected chi connectivity index (χ3v) is 5.56. The summed E-state index contributed by atoms with van der Waals surface area (Å²) >= 11 is 3.03.